The summed E-state index contributed by atoms with van der Waals surface area (Å²) in [5.41, 5.74) is 0. The lowest BCUT2D eigenvalue weighted by Gasteiger charge is -2.45. The van der Waals surface area contributed by atoms with Gasteiger partial charge in [0.1, 0.15) is 36.7 Å². The molecule has 1 aliphatic carbocycles. The van der Waals surface area contributed by atoms with E-state index in [0.717, 1.165) is 19.3 Å². The summed E-state index contributed by atoms with van der Waals surface area (Å²) >= 11 is 0. The van der Waals surface area contributed by atoms with Crippen LogP contribution in [-0.4, -0.2) is 89.2 Å². The molecule has 0 radical (unpaired) electrons. The molecular weight excluding hydrogens is 380 g/mol. The molecule has 1 fully saturated rings. The van der Waals surface area contributed by atoms with Crippen LogP contribution >= 0.6 is 0 Å². The van der Waals surface area contributed by atoms with Crippen LogP contribution in [-0.2, 0) is 0 Å². The Hall–Kier alpha value is -1.30. The summed E-state index contributed by atoms with van der Waals surface area (Å²) in [6, 6.07) is -1.10. The lowest BCUT2D eigenvalue weighted by atomic mass is 9.82. The first-order valence-electron chi connectivity index (χ1n) is 10.5. The zero-order valence-electron chi connectivity index (χ0n) is 17.2. The Morgan fingerprint density at radius 2 is 1.41 bits per heavy atom. The lowest BCUT2D eigenvalue weighted by molar-refractivity contribution is -0.185. The van der Waals surface area contributed by atoms with E-state index in [4.69, 9.17) is 0 Å². The molecule has 10 nitrogen and oxygen atoms in total. The summed E-state index contributed by atoms with van der Waals surface area (Å²) in [7, 11) is 1.52. The summed E-state index contributed by atoms with van der Waals surface area (Å²) < 4.78 is 1.31. The van der Waals surface area contributed by atoms with Crippen molar-refractivity contribution in [2.75, 3.05) is 11.9 Å². The molecule has 1 aromatic rings. The van der Waals surface area contributed by atoms with E-state index in [1.165, 1.54) is 48.5 Å². The van der Waals surface area contributed by atoms with Crippen LogP contribution in [0.25, 0.3) is 0 Å². The van der Waals surface area contributed by atoms with Gasteiger partial charge >= 0.3 is 0 Å². The number of rotatable bonds is 11. The van der Waals surface area contributed by atoms with E-state index in [1.54, 1.807) is 0 Å². The third-order valence-electron chi connectivity index (χ3n) is 5.78. The van der Waals surface area contributed by atoms with Crippen molar-refractivity contribution in [2.24, 2.45) is 0 Å². The maximum Gasteiger partial charge on any atom is 0.171 e. The smallest absolute Gasteiger partial charge is 0.171 e. The highest BCUT2D eigenvalue weighted by molar-refractivity contribution is 5.37. The molecule has 0 spiro atoms. The second kappa shape index (κ2) is 11.2. The summed E-state index contributed by atoms with van der Waals surface area (Å²) in [6.07, 6.45) is 1.30. The van der Waals surface area contributed by atoms with Crippen molar-refractivity contribution in [3.8, 4) is 0 Å². The number of hydrogen-bond acceptors (Lipinski definition) is 9. The third kappa shape index (κ3) is 5.87. The van der Waals surface area contributed by atoms with Gasteiger partial charge in [0.05, 0.1) is 12.2 Å². The molecule has 1 aromatic heterocycles. The summed E-state index contributed by atoms with van der Waals surface area (Å²) in [4.78, 5) is 1.37. The van der Waals surface area contributed by atoms with Crippen molar-refractivity contribution in [1.82, 2.24) is 15.0 Å². The van der Waals surface area contributed by atoms with E-state index in [-0.39, 0.29) is 5.82 Å². The van der Waals surface area contributed by atoms with Gasteiger partial charge in [0.25, 0.3) is 0 Å². The Labute approximate surface area is 171 Å². The van der Waals surface area contributed by atoms with Crippen molar-refractivity contribution in [2.45, 2.75) is 101 Å². The number of aliphatic hydroxyl groups excluding tert-OH is 6. The molecule has 0 bridgehead atoms. The molecule has 1 aliphatic rings. The number of hydrogen-bond donors (Lipinski definition) is 6. The maximum absolute atomic E-state index is 10.3. The van der Waals surface area contributed by atoms with Gasteiger partial charge in [-0.3, -0.25) is 0 Å². The molecule has 29 heavy (non-hydrogen) atoms. The van der Waals surface area contributed by atoms with Gasteiger partial charge in [-0.1, -0.05) is 50.7 Å². The second-order valence-corrected chi connectivity index (χ2v) is 8.00. The van der Waals surface area contributed by atoms with Crippen molar-refractivity contribution in [3.63, 3.8) is 0 Å². The van der Waals surface area contributed by atoms with Crippen LogP contribution < -0.4 is 4.90 Å². The summed E-state index contributed by atoms with van der Waals surface area (Å²) in [5.74, 6) is 0.252. The fraction of sp³-hybridized carbons (Fsp3) is 0.895. The van der Waals surface area contributed by atoms with Crippen LogP contribution in [0.1, 0.15) is 64.5 Å². The van der Waals surface area contributed by atoms with E-state index in [9.17, 15) is 30.6 Å². The number of aliphatic hydroxyl groups is 6. The number of aromatic nitrogens is 3. The van der Waals surface area contributed by atoms with Gasteiger partial charge in [-0.05, 0) is 12.8 Å². The molecule has 1 heterocycles. The number of unbranched alkanes of at least 4 members (excludes halogenated alkanes) is 6. The van der Waals surface area contributed by atoms with Crippen molar-refractivity contribution in [3.05, 3.63) is 6.20 Å². The predicted molar refractivity (Wildman–Crippen MR) is 106 cm³/mol. The molecule has 2 rings (SSSR count). The molecule has 0 aliphatic heterocycles. The highest BCUT2D eigenvalue weighted by atomic mass is 16.4. The molecule has 5 unspecified atom stereocenters. The average Bonchev–Trinajstić information content (AvgIpc) is 3.20. The average molecular weight is 417 g/mol. The van der Waals surface area contributed by atoms with Crippen LogP contribution in [0.2, 0.25) is 0 Å². The minimum Gasteiger partial charge on any atom is -0.388 e. The van der Waals surface area contributed by atoms with Gasteiger partial charge in [0.2, 0.25) is 0 Å². The zero-order chi connectivity index (χ0) is 21.6. The first-order chi connectivity index (χ1) is 13.8. The van der Waals surface area contributed by atoms with Gasteiger partial charge in [0.15, 0.2) is 5.82 Å². The lowest BCUT2D eigenvalue weighted by Crippen LogP contribution is -2.68. The van der Waals surface area contributed by atoms with E-state index >= 15 is 0 Å². The van der Waals surface area contributed by atoms with E-state index in [0.29, 0.717) is 6.42 Å². The normalized spacial score (nSPS) is 31.0. The van der Waals surface area contributed by atoms with E-state index in [2.05, 4.69) is 17.2 Å². The summed E-state index contributed by atoms with van der Waals surface area (Å²) in [6.45, 7) is 2.18. The molecule has 1 saturated carbocycles. The fourth-order valence-electron chi connectivity index (χ4n) is 3.81. The van der Waals surface area contributed by atoms with E-state index in [1.807, 2.05) is 0 Å². The number of anilines is 1. The quantitative estimate of drug-likeness (QED) is 0.263. The standard InChI is InChI=1S/C19H36N4O6/c1-3-4-5-6-7-8-9-10-13(24)23-11-12(20-21-23)22(2)14-15(25)17(27)19(29)18(28)16(14)26/h11,13-19,24-29H,3-10H2,1-2H3. The van der Waals surface area contributed by atoms with Crippen molar-refractivity contribution in [1.29, 1.82) is 0 Å². The largest absolute Gasteiger partial charge is 0.388 e. The van der Waals surface area contributed by atoms with Crippen LogP contribution in [0.15, 0.2) is 6.20 Å². The molecule has 0 amide bonds. The van der Waals surface area contributed by atoms with Gasteiger partial charge < -0.3 is 35.5 Å². The molecule has 10 heteroatoms. The van der Waals surface area contributed by atoms with Gasteiger partial charge in [-0.15, -0.1) is 5.10 Å². The van der Waals surface area contributed by atoms with Crippen LogP contribution in [0.3, 0.4) is 0 Å². The Bertz CT molecular complexity index is 587. The Morgan fingerprint density at radius 1 is 0.897 bits per heavy atom. The molecule has 168 valence electrons. The molecular formula is C19H36N4O6. The first-order valence-corrected chi connectivity index (χ1v) is 10.5. The SMILES string of the molecule is CCCCCCCCCC(O)n1cc(N(C)C2C(O)C(O)C(O)C(O)C2O)nn1. The van der Waals surface area contributed by atoms with Crippen molar-refractivity contribution < 1.29 is 30.6 Å². The minimum absolute atomic E-state index is 0.252. The molecule has 0 aromatic carbocycles. The van der Waals surface area contributed by atoms with Gasteiger partial charge in [-0.2, -0.15) is 0 Å². The monoisotopic (exact) mass is 416 g/mol. The Balaban J connectivity index is 1.89. The topological polar surface area (TPSA) is 155 Å². The Kier molecular flexibility index (Phi) is 9.25. The summed E-state index contributed by atoms with van der Waals surface area (Å²) in [5, 5.41) is 68.2. The maximum atomic E-state index is 10.3. The number of nitrogens with zero attached hydrogens (tertiary/aromatic N) is 4. The van der Waals surface area contributed by atoms with Crippen LogP contribution in [0.5, 0.6) is 0 Å². The molecule has 5 atom stereocenters. The van der Waals surface area contributed by atoms with E-state index < -0.39 is 42.8 Å². The fourth-order valence-corrected chi connectivity index (χ4v) is 3.81. The van der Waals surface area contributed by atoms with Gasteiger partial charge in [0, 0.05) is 7.05 Å². The zero-order valence-corrected chi connectivity index (χ0v) is 17.2. The molecule has 6 N–H and O–H groups in total. The second-order valence-electron chi connectivity index (χ2n) is 8.00. The highest BCUT2D eigenvalue weighted by Crippen LogP contribution is 2.27. The highest BCUT2D eigenvalue weighted by Gasteiger charge is 2.50. The van der Waals surface area contributed by atoms with Crippen molar-refractivity contribution >= 4 is 5.82 Å². The van der Waals surface area contributed by atoms with Gasteiger partial charge in [-0.25, -0.2) is 4.68 Å². The first kappa shape index (κ1) is 24.0. The predicted octanol–water partition coefficient (Wildman–Crippen LogP) is -0.467. The Morgan fingerprint density at radius 3 is 2.00 bits per heavy atom. The van der Waals surface area contributed by atoms with Crippen LogP contribution in [0.4, 0.5) is 5.82 Å². The number of likely N-dealkylation sites (N-methyl/N-ethyl adjacent to an activating group) is 1. The third-order valence-corrected chi connectivity index (χ3v) is 5.78. The molecule has 0 saturated heterocycles. The minimum atomic E-state index is -1.65. The van der Waals surface area contributed by atoms with Crippen LogP contribution in [0, 0.1) is 0 Å².